The normalized spacial score (nSPS) is 10.3. The van der Waals surface area contributed by atoms with Crippen LogP contribution in [0.25, 0.3) is 0 Å². The van der Waals surface area contributed by atoms with Crippen molar-refractivity contribution in [2.45, 2.75) is 13.8 Å². The van der Waals surface area contributed by atoms with Crippen molar-refractivity contribution in [2.24, 2.45) is 0 Å². The van der Waals surface area contributed by atoms with Gasteiger partial charge in [0.1, 0.15) is 10.8 Å². The van der Waals surface area contributed by atoms with Crippen LogP contribution in [-0.2, 0) is 4.74 Å². The summed E-state index contributed by atoms with van der Waals surface area (Å²) in [7, 11) is 1.51. The molecular formula is C23H22N2O5S. The summed E-state index contributed by atoms with van der Waals surface area (Å²) >= 11 is 1.02. The predicted octanol–water partition coefficient (Wildman–Crippen LogP) is 4.75. The molecule has 2 amide bonds. The van der Waals surface area contributed by atoms with Crippen LogP contribution >= 0.6 is 11.3 Å². The van der Waals surface area contributed by atoms with Crippen molar-refractivity contribution in [1.82, 2.24) is 0 Å². The van der Waals surface area contributed by atoms with E-state index in [2.05, 4.69) is 10.6 Å². The first kappa shape index (κ1) is 22.0. The Morgan fingerprint density at radius 2 is 1.71 bits per heavy atom. The maximum absolute atomic E-state index is 12.8. The molecule has 0 bridgehead atoms. The highest BCUT2D eigenvalue weighted by Crippen LogP contribution is 2.34. The molecular weight excluding hydrogens is 416 g/mol. The van der Waals surface area contributed by atoms with Gasteiger partial charge in [0, 0.05) is 11.3 Å². The highest BCUT2D eigenvalue weighted by molar-refractivity contribution is 7.19. The van der Waals surface area contributed by atoms with Gasteiger partial charge in [-0.1, -0.05) is 24.3 Å². The fourth-order valence-corrected chi connectivity index (χ4v) is 4.00. The molecule has 2 N–H and O–H groups in total. The summed E-state index contributed by atoms with van der Waals surface area (Å²) in [6.45, 7) is 3.52. The number of ether oxygens (including phenoxy) is 2. The van der Waals surface area contributed by atoms with E-state index in [0.29, 0.717) is 27.4 Å². The van der Waals surface area contributed by atoms with Crippen molar-refractivity contribution >= 4 is 39.8 Å². The zero-order valence-electron chi connectivity index (χ0n) is 17.4. The maximum atomic E-state index is 12.8. The van der Waals surface area contributed by atoms with Crippen LogP contribution in [0.5, 0.6) is 5.75 Å². The summed E-state index contributed by atoms with van der Waals surface area (Å²) < 4.78 is 10.3. The number of amides is 2. The number of methoxy groups -OCH3 is 1. The number of rotatable bonds is 7. The minimum absolute atomic E-state index is 0.168. The number of thiophene rings is 1. The van der Waals surface area contributed by atoms with E-state index in [0.717, 1.165) is 11.3 Å². The molecule has 7 nitrogen and oxygen atoms in total. The monoisotopic (exact) mass is 438 g/mol. The molecule has 0 radical (unpaired) electrons. The lowest BCUT2D eigenvalue weighted by molar-refractivity contribution is 0.0527. The van der Waals surface area contributed by atoms with E-state index in [1.54, 1.807) is 62.4 Å². The van der Waals surface area contributed by atoms with Gasteiger partial charge in [0.15, 0.2) is 0 Å². The van der Waals surface area contributed by atoms with Crippen molar-refractivity contribution in [2.75, 3.05) is 24.4 Å². The average molecular weight is 439 g/mol. The zero-order valence-corrected chi connectivity index (χ0v) is 18.2. The molecule has 0 aliphatic rings. The molecule has 1 heterocycles. The molecule has 0 spiro atoms. The minimum Gasteiger partial charge on any atom is -0.497 e. The number of esters is 1. The van der Waals surface area contributed by atoms with Gasteiger partial charge >= 0.3 is 5.97 Å². The quantitative estimate of drug-likeness (QED) is 0.520. The Kier molecular flexibility index (Phi) is 7.04. The number of hydrogen-bond acceptors (Lipinski definition) is 6. The van der Waals surface area contributed by atoms with Crippen molar-refractivity contribution in [3.8, 4) is 5.75 Å². The Hall–Kier alpha value is -3.65. The number of hydrogen-bond donors (Lipinski definition) is 2. The van der Waals surface area contributed by atoms with E-state index < -0.39 is 11.9 Å². The van der Waals surface area contributed by atoms with Gasteiger partial charge in [0.25, 0.3) is 11.8 Å². The Bertz CT molecular complexity index is 1110. The fourth-order valence-electron chi connectivity index (χ4n) is 2.92. The minimum atomic E-state index is -0.601. The molecule has 160 valence electrons. The number of carbonyl (C=O) groups is 3. The third-order valence-electron chi connectivity index (χ3n) is 4.42. The van der Waals surface area contributed by atoms with Gasteiger partial charge in [-0.05, 0) is 49.7 Å². The summed E-state index contributed by atoms with van der Waals surface area (Å²) in [5.74, 6) is -0.874. The molecule has 0 saturated heterocycles. The van der Waals surface area contributed by atoms with Crippen LogP contribution < -0.4 is 15.4 Å². The largest absolute Gasteiger partial charge is 0.497 e. The summed E-state index contributed by atoms with van der Waals surface area (Å²) in [5, 5.41) is 5.79. The first-order chi connectivity index (χ1) is 14.9. The molecule has 0 aliphatic heterocycles. The second kappa shape index (κ2) is 9.90. The molecule has 2 aromatic carbocycles. The SMILES string of the molecule is CCOC(=O)c1c(NC(=O)c2cccc(OC)c2)sc(C(=O)Nc2ccccc2)c1C. The second-order valence-electron chi connectivity index (χ2n) is 6.49. The molecule has 31 heavy (non-hydrogen) atoms. The van der Waals surface area contributed by atoms with E-state index >= 15 is 0 Å². The number of benzene rings is 2. The van der Waals surface area contributed by atoms with Crippen LogP contribution in [0.4, 0.5) is 10.7 Å². The molecule has 3 aromatic rings. The number of nitrogens with one attached hydrogen (secondary N) is 2. The Labute approximate surface area is 184 Å². The number of carbonyl (C=O) groups excluding carboxylic acids is 3. The highest BCUT2D eigenvalue weighted by Gasteiger charge is 2.27. The van der Waals surface area contributed by atoms with Crippen LogP contribution in [0, 0.1) is 6.92 Å². The van der Waals surface area contributed by atoms with Gasteiger partial charge in [-0.25, -0.2) is 4.79 Å². The van der Waals surface area contributed by atoms with Gasteiger partial charge in [0.05, 0.1) is 24.2 Å². The second-order valence-corrected chi connectivity index (χ2v) is 7.51. The summed E-state index contributed by atoms with van der Waals surface area (Å²) in [6, 6.07) is 15.6. The average Bonchev–Trinajstić information content (AvgIpc) is 3.10. The molecule has 0 aliphatic carbocycles. The standard InChI is InChI=1S/C23H22N2O5S/c1-4-30-23(28)18-14(2)19(21(27)24-16-10-6-5-7-11-16)31-22(18)25-20(26)15-9-8-12-17(13-15)29-3/h5-13H,4H2,1-3H3,(H,24,27)(H,25,26). The molecule has 0 unspecified atom stereocenters. The van der Waals surface area contributed by atoms with Crippen LogP contribution in [0.2, 0.25) is 0 Å². The first-order valence-electron chi connectivity index (χ1n) is 9.56. The van der Waals surface area contributed by atoms with Crippen molar-refractivity contribution < 1.29 is 23.9 Å². The summed E-state index contributed by atoms with van der Waals surface area (Å²) in [5.41, 5.74) is 1.59. The van der Waals surface area contributed by atoms with Gasteiger partial charge < -0.3 is 20.1 Å². The third-order valence-corrected chi connectivity index (χ3v) is 5.63. The number of anilines is 2. The van der Waals surface area contributed by atoms with Crippen LogP contribution in [0.1, 0.15) is 42.9 Å². The topological polar surface area (TPSA) is 93.7 Å². The zero-order chi connectivity index (χ0) is 22.4. The lowest BCUT2D eigenvalue weighted by Crippen LogP contribution is -2.15. The van der Waals surface area contributed by atoms with Crippen molar-refractivity contribution in [1.29, 1.82) is 0 Å². The third kappa shape index (κ3) is 5.10. The van der Waals surface area contributed by atoms with Crippen LogP contribution in [0.3, 0.4) is 0 Å². The van der Waals surface area contributed by atoms with E-state index in [4.69, 9.17) is 9.47 Å². The summed E-state index contributed by atoms with van der Waals surface area (Å²) in [4.78, 5) is 38.5. The highest BCUT2D eigenvalue weighted by atomic mass is 32.1. The van der Waals surface area contributed by atoms with Gasteiger partial charge in [0.2, 0.25) is 0 Å². The summed E-state index contributed by atoms with van der Waals surface area (Å²) in [6.07, 6.45) is 0. The molecule has 8 heteroatoms. The van der Waals surface area contributed by atoms with Crippen LogP contribution in [0.15, 0.2) is 54.6 Å². The van der Waals surface area contributed by atoms with Gasteiger partial charge in [-0.15, -0.1) is 11.3 Å². The van der Waals surface area contributed by atoms with E-state index in [1.165, 1.54) is 7.11 Å². The van der Waals surface area contributed by atoms with E-state index in [-0.39, 0.29) is 23.1 Å². The van der Waals surface area contributed by atoms with Crippen molar-refractivity contribution in [3.63, 3.8) is 0 Å². The Balaban J connectivity index is 1.94. The lowest BCUT2D eigenvalue weighted by Gasteiger charge is -2.08. The van der Waals surface area contributed by atoms with Crippen molar-refractivity contribution in [3.05, 3.63) is 76.2 Å². The Morgan fingerprint density at radius 1 is 0.968 bits per heavy atom. The van der Waals surface area contributed by atoms with Gasteiger partial charge in [-0.2, -0.15) is 0 Å². The van der Waals surface area contributed by atoms with Gasteiger partial charge in [-0.3, -0.25) is 9.59 Å². The predicted molar refractivity (Wildman–Crippen MR) is 120 cm³/mol. The Morgan fingerprint density at radius 3 is 2.39 bits per heavy atom. The molecule has 0 fully saturated rings. The lowest BCUT2D eigenvalue weighted by atomic mass is 10.1. The first-order valence-corrected chi connectivity index (χ1v) is 10.4. The smallest absolute Gasteiger partial charge is 0.341 e. The maximum Gasteiger partial charge on any atom is 0.341 e. The molecule has 0 saturated carbocycles. The number of para-hydroxylation sites is 1. The molecule has 3 rings (SSSR count). The fraction of sp³-hybridized carbons (Fsp3) is 0.174. The van der Waals surface area contributed by atoms with Crippen LogP contribution in [-0.4, -0.2) is 31.5 Å². The van der Waals surface area contributed by atoms with E-state index in [9.17, 15) is 14.4 Å². The van der Waals surface area contributed by atoms with E-state index in [1.807, 2.05) is 6.07 Å². The molecule has 1 aromatic heterocycles. The molecule has 0 atom stereocenters.